The second-order valence-electron chi connectivity index (χ2n) is 3.25. The molecule has 0 aliphatic heterocycles. The minimum atomic E-state index is -0.206. The molecular weight excluding hydrogens is 328 g/mol. The standard InChI is InChI=1S/C10H8BrClN2O2S/c1-16-4-5-2-8(15)14-10(13-5)7-3-6(11)9(12)17-7/h2-3H,4H2,1H3,(H,13,14,15). The van der Waals surface area contributed by atoms with Crippen LogP contribution in [0.2, 0.25) is 4.34 Å². The second-order valence-corrected chi connectivity index (χ2v) is 5.76. The van der Waals surface area contributed by atoms with Crippen LogP contribution in [0.25, 0.3) is 10.7 Å². The zero-order valence-electron chi connectivity index (χ0n) is 8.79. The minimum Gasteiger partial charge on any atom is -0.378 e. The zero-order valence-corrected chi connectivity index (χ0v) is 11.9. The molecule has 0 fully saturated rings. The van der Waals surface area contributed by atoms with Crippen LogP contribution in [0, 0.1) is 0 Å². The van der Waals surface area contributed by atoms with Gasteiger partial charge in [0.2, 0.25) is 0 Å². The molecule has 90 valence electrons. The van der Waals surface area contributed by atoms with E-state index in [-0.39, 0.29) is 5.56 Å². The maximum Gasteiger partial charge on any atom is 0.251 e. The molecule has 0 aliphatic rings. The third-order valence-corrected chi connectivity index (χ3v) is 4.45. The molecule has 0 aromatic carbocycles. The summed E-state index contributed by atoms with van der Waals surface area (Å²) in [6.45, 7) is 0.303. The molecular formula is C10H8BrClN2O2S. The average molecular weight is 336 g/mol. The zero-order chi connectivity index (χ0) is 12.4. The molecule has 0 amide bonds. The van der Waals surface area contributed by atoms with Crippen LogP contribution in [-0.4, -0.2) is 17.1 Å². The fraction of sp³-hybridized carbons (Fsp3) is 0.200. The summed E-state index contributed by atoms with van der Waals surface area (Å²) in [6.07, 6.45) is 0. The Hall–Kier alpha value is -0.690. The lowest BCUT2D eigenvalue weighted by molar-refractivity contribution is 0.181. The van der Waals surface area contributed by atoms with Gasteiger partial charge in [0.25, 0.3) is 5.56 Å². The highest BCUT2D eigenvalue weighted by Gasteiger charge is 2.10. The number of methoxy groups -OCH3 is 1. The number of ether oxygens (including phenoxy) is 1. The summed E-state index contributed by atoms with van der Waals surface area (Å²) in [4.78, 5) is 19.2. The van der Waals surface area contributed by atoms with E-state index in [2.05, 4.69) is 25.9 Å². The van der Waals surface area contributed by atoms with Gasteiger partial charge in [-0.2, -0.15) is 0 Å². The van der Waals surface area contributed by atoms with E-state index in [4.69, 9.17) is 16.3 Å². The molecule has 0 saturated carbocycles. The van der Waals surface area contributed by atoms with Gasteiger partial charge in [0.1, 0.15) is 4.34 Å². The number of hydrogen-bond acceptors (Lipinski definition) is 4. The molecule has 2 heterocycles. The second kappa shape index (κ2) is 5.30. The summed E-state index contributed by atoms with van der Waals surface area (Å²) in [5.41, 5.74) is 0.384. The maximum absolute atomic E-state index is 11.5. The lowest BCUT2D eigenvalue weighted by atomic mass is 10.4. The van der Waals surface area contributed by atoms with Gasteiger partial charge >= 0.3 is 0 Å². The number of nitrogens with one attached hydrogen (secondary N) is 1. The lowest BCUT2D eigenvalue weighted by Crippen LogP contribution is -2.10. The molecule has 2 rings (SSSR count). The van der Waals surface area contributed by atoms with Gasteiger partial charge in [0.15, 0.2) is 5.82 Å². The Kier molecular flexibility index (Phi) is 3.98. The number of rotatable bonds is 3. The van der Waals surface area contributed by atoms with Gasteiger partial charge in [-0.1, -0.05) is 11.6 Å². The Labute approximate surface area is 115 Å². The predicted molar refractivity (Wildman–Crippen MR) is 71.6 cm³/mol. The van der Waals surface area contributed by atoms with Crippen molar-refractivity contribution in [1.82, 2.24) is 9.97 Å². The van der Waals surface area contributed by atoms with E-state index < -0.39 is 0 Å². The van der Waals surface area contributed by atoms with Crippen molar-refractivity contribution in [2.24, 2.45) is 0 Å². The quantitative estimate of drug-likeness (QED) is 0.938. The first-order chi connectivity index (χ1) is 8.10. The SMILES string of the molecule is COCc1cc(=O)[nH]c(-c2cc(Br)c(Cl)s2)n1. The van der Waals surface area contributed by atoms with E-state index in [9.17, 15) is 4.79 Å². The van der Waals surface area contributed by atoms with Crippen molar-refractivity contribution < 1.29 is 4.74 Å². The highest BCUT2D eigenvalue weighted by atomic mass is 79.9. The summed E-state index contributed by atoms with van der Waals surface area (Å²) < 4.78 is 6.37. The van der Waals surface area contributed by atoms with Gasteiger partial charge < -0.3 is 9.72 Å². The Morgan fingerprint density at radius 1 is 1.59 bits per heavy atom. The van der Waals surface area contributed by atoms with Crippen LogP contribution in [0.5, 0.6) is 0 Å². The van der Waals surface area contributed by atoms with Crippen molar-refractivity contribution in [3.05, 3.63) is 37.0 Å². The third-order valence-electron chi connectivity index (χ3n) is 1.97. The first kappa shape index (κ1) is 12.8. The summed E-state index contributed by atoms with van der Waals surface area (Å²) in [6, 6.07) is 3.24. The van der Waals surface area contributed by atoms with Gasteiger partial charge in [-0.15, -0.1) is 11.3 Å². The first-order valence-corrected chi connectivity index (χ1v) is 6.63. The smallest absolute Gasteiger partial charge is 0.251 e. The summed E-state index contributed by atoms with van der Waals surface area (Å²) in [5.74, 6) is 0.502. The number of aromatic nitrogens is 2. The minimum absolute atomic E-state index is 0.206. The molecule has 4 nitrogen and oxygen atoms in total. The largest absolute Gasteiger partial charge is 0.378 e. The van der Waals surface area contributed by atoms with Crippen LogP contribution in [0.1, 0.15) is 5.69 Å². The van der Waals surface area contributed by atoms with Crippen molar-refractivity contribution in [3.63, 3.8) is 0 Å². The number of aromatic amines is 1. The van der Waals surface area contributed by atoms with Gasteiger partial charge in [0.05, 0.1) is 17.2 Å². The fourth-order valence-corrected chi connectivity index (χ4v) is 2.96. The first-order valence-electron chi connectivity index (χ1n) is 4.64. The molecule has 1 N–H and O–H groups in total. The molecule has 0 bridgehead atoms. The Morgan fingerprint density at radius 3 is 2.94 bits per heavy atom. The van der Waals surface area contributed by atoms with Crippen molar-refractivity contribution in [1.29, 1.82) is 0 Å². The van der Waals surface area contributed by atoms with Gasteiger partial charge in [0, 0.05) is 17.6 Å². The van der Waals surface area contributed by atoms with Gasteiger partial charge in [-0.3, -0.25) is 4.79 Å². The summed E-state index contributed by atoms with van der Waals surface area (Å²) in [5, 5.41) is 0. The normalized spacial score (nSPS) is 10.8. The van der Waals surface area contributed by atoms with Crippen molar-refractivity contribution in [2.75, 3.05) is 7.11 Å². The van der Waals surface area contributed by atoms with Crippen LogP contribution < -0.4 is 5.56 Å². The van der Waals surface area contributed by atoms with Crippen LogP contribution in [-0.2, 0) is 11.3 Å². The number of nitrogens with zero attached hydrogens (tertiary/aromatic N) is 1. The molecule has 7 heteroatoms. The predicted octanol–water partition coefficient (Wildman–Crippen LogP) is 3.06. The molecule has 17 heavy (non-hydrogen) atoms. The van der Waals surface area contributed by atoms with E-state index in [0.717, 1.165) is 9.35 Å². The van der Waals surface area contributed by atoms with E-state index in [1.165, 1.54) is 17.4 Å². The average Bonchev–Trinajstić information content (AvgIpc) is 2.59. The van der Waals surface area contributed by atoms with Gasteiger partial charge in [-0.05, 0) is 22.0 Å². The summed E-state index contributed by atoms with van der Waals surface area (Å²) in [7, 11) is 1.56. The van der Waals surface area contributed by atoms with Gasteiger partial charge in [-0.25, -0.2) is 4.98 Å². The Morgan fingerprint density at radius 2 is 2.35 bits per heavy atom. The molecule has 0 radical (unpaired) electrons. The van der Waals surface area contributed by atoms with Crippen molar-refractivity contribution in [3.8, 4) is 10.7 Å². The van der Waals surface area contributed by atoms with Crippen LogP contribution >= 0.6 is 38.9 Å². The summed E-state index contributed by atoms with van der Waals surface area (Å²) >= 11 is 10.6. The highest BCUT2D eigenvalue weighted by molar-refractivity contribution is 9.10. The molecule has 2 aromatic rings. The molecule has 0 aliphatic carbocycles. The number of halogens is 2. The highest BCUT2D eigenvalue weighted by Crippen LogP contribution is 2.36. The van der Waals surface area contributed by atoms with E-state index >= 15 is 0 Å². The Balaban J connectivity index is 2.47. The Bertz CT molecular complexity index is 577. The molecule has 0 unspecified atom stereocenters. The lowest BCUT2D eigenvalue weighted by Gasteiger charge is -2.01. The molecule has 0 saturated heterocycles. The van der Waals surface area contributed by atoms with Crippen LogP contribution in [0.4, 0.5) is 0 Å². The van der Waals surface area contributed by atoms with E-state index in [1.54, 1.807) is 7.11 Å². The topological polar surface area (TPSA) is 55.0 Å². The monoisotopic (exact) mass is 334 g/mol. The van der Waals surface area contributed by atoms with Crippen LogP contribution in [0.3, 0.4) is 0 Å². The van der Waals surface area contributed by atoms with Crippen molar-refractivity contribution in [2.45, 2.75) is 6.61 Å². The van der Waals surface area contributed by atoms with Crippen LogP contribution in [0.15, 0.2) is 21.4 Å². The van der Waals surface area contributed by atoms with E-state index in [0.29, 0.717) is 22.5 Å². The van der Waals surface area contributed by atoms with E-state index in [1.807, 2.05) is 6.07 Å². The maximum atomic E-state index is 11.5. The van der Waals surface area contributed by atoms with Crippen molar-refractivity contribution >= 4 is 38.9 Å². The number of H-pyrrole nitrogens is 1. The number of thiophene rings is 1. The fourth-order valence-electron chi connectivity index (χ4n) is 1.31. The molecule has 0 atom stereocenters. The molecule has 0 spiro atoms. The number of hydrogen-bond donors (Lipinski definition) is 1. The molecule has 2 aromatic heterocycles. The third kappa shape index (κ3) is 2.95.